The lowest BCUT2D eigenvalue weighted by Gasteiger charge is -2.03. The summed E-state index contributed by atoms with van der Waals surface area (Å²) >= 11 is 0. The standard InChI is InChI=1S/C9H11NO2/c1-7-8(5-6-11)3-4-9(10-7)12-2/h3-4,6H,5H2,1-2H3. The monoisotopic (exact) mass is 165 g/mol. The van der Waals surface area contributed by atoms with Crippen molar-refractivity contribution < 1.29 is 9.53 Å². The van der Waals surface area contributed by atoms with Crippen molar-refractivity contribution in [1.82, 2.24) is 4.98 Å². The van der Waals surface area contributed by atoms with Gasteiger partial charge in [-0.05, 0) is 12.5 Å². The van der Waals surface area contributed by atoms with E-state index in [9.17, 15) is 4.79 Å². The van der Waals surface area contributed by atoms with E-state index in [-0.39, 0.29) is 0 Å². The largest absolute Gasteiger partial charge is 0.481 e. The third-order valence-electron chi connectivity index (χ3n) is 1.68. The summed E-state index contributed by atoms with van der Waals surface area (Å²) in [5.74, 6) is 0.585. The van der Waals surface area contributed by atoms with Gasteiger partial charge in [-0.1, -0.05) is 6.07 Å². The summed E-state index contributed by atoms with van der Waals surface area (Å²) in [6.07, 6.45) is 1.29. The van der Waals surface area contributed by atoms with Crippen molar-refractivity contribution in [3.8, 4) is 5.88 Å². The zero-order valence-corrected chi connectivity index (χ0v) is 7.20. The lowest BCUT2D eigenvalue weighted by molar-refractivity contribution is -0.107. The fraction of sp³-hybridized carbons (Fsp3) is 0.333. The van der Waals surface area contributed by atoms with E-state index in [0.29, 0.717) is 12.3 Å². The van der Waals surface area contributed by atoms with E-state index in [1.54, 1.807) is 13.2 Å². The number of aryl methyl sites for hydroxylation is 1. The van der Waals surface area contributed by atoms with Crippen molar-refractivity contribution in [1.29, 1.82) is 0 Å². The average molecular weight is 165 g/mol. The molecule has 1 aromatic heterocycles. The highest BCUT2D eigenvalue weighted by molar-refractivity contribution is 5.55. The highest BCUT2D eigenvalue weighted by atomic mass is 16.5. The van der Waals surface area contributed by atoms with E-state index in [1.165, 1.54) is 0 Å². The van der Waals surface area contributed by atoms with Crippen molar-refractivity contribution in [3.05, 3.63) is 23.4 Å². The number of rotatable bonds is 3. The molecule has 0 bridgehead atoms. The van der Waals surface area contributed by atoms with E-state index in [4.69, 9.17) is 4.74 Å². The third-order valence-corrected chi connectivity index (χ3v) is 1.68. The zero-order chi connectivity index (χ0) is 8.97. The van der Waals surface area contributed by atoms with Gasteiger partial charge in [0.2, 0.25) is 5.88 Å². The van der Waals surface area contributed by atoms with Crippen molar-refractivity contribution >= 4 is 6.29 Å². The van der Waals surface area contributed by atoms with Crippen LogP contribution in [0.2, 0.25) is 0 Å². The smallest absolute Gasteiger partial charge is 0.213 e. The molecule has 1 heterocycles. The fourth-order valence-electron chi connectivity index (χ4n) is 0.986. The molecule has 0 aliphatic heterocycles. The van der Waals surface area contributed by atoms with Gasteiger partial charge in [0.15, 0.2) is 0 Å². The van der Waals surface area contributed by atoms with Crippen molar-refractivity contribution in [3.63, 3.8) is 0 Å². The minimum absolute atomic E-state index is 0.419. The molecule has 0 fully saturated rings. The maximum atomic E-state index is 10.2. The number of hydrogen-bond donors (Lipinski definition) is 0. The minimum atomic E-state index is 0.419. The summed E-state index contributed by atoms with van der Waals surface area (Å²) < 4.78 is 4.93. The highest BCUT2D eigenvalue weighted by Gasteiger charge is 2.00. The summed E-state index contributed by atoms with van der Waals surface area (Å²) in [4.78, 5) is 14.4. The van der Waals surface area contributed by atoms with Gasteiger partial charge in [-0.2, -0.15) is 0 Å². The van der Waals surface area contributed by atoms with Gasteiger partial charge in [-0.15, -0.1) is 0 Å². The number of hydrogen-bond acceptors (Lipinski definition) is 3. The Balaban J connectivity index is 2.94. The molecule has 0 N–H and O–H groups in total. The molecule has 3 nitrogen and oxygen atoms in total. The van der Waals surface area contributed by atoms with Crippen LogP contribution in [-0.2, 0) is 11.2 Å². The average Bonchev–Trinajstić information content (AvgIpc) is 2.09. The maximum absolute atomic E-state index is 10.2. The SMILES string of the molecule is COc1ccc(CC=O)c(C)n1. The third kappa shape index (κ3) is 1.81. The molecule has 0 radical (unpaired) electrons. The van der Waals surface area contributed by atoms with Gasteiger partial charge < -0.3 is 9.53 Å². The van der Waals surface area contributed by atoms with Crippen LogP contribution in [0.4, 0.5) is 0 Å². The van der Waals surface area contributed by atoms with Crippen LogP contribution in [-0.4, -0.2) is 18.4 Å². The molecule has 0 aliphatic rings. The first-order valence-electron chi connectivity index (χ1n) is 3.72. The van der Waals surface area contributed by atoms with Gasteiger partial charge in [0.25, 0.3) is 0 Å². The fourth-order valence-corrected chi connectivity index (χ4v) is 0.986. The highest BCUT2D eigenvalue weighted by Crippen LogP contribution is 2.11. The molecule has 0 aromatic carbocycles. The Kier molecular flexibility index (Phi) is 2.80. The van der Waals surface area contributed by atoms with Gasteiger partial charge in [0.05, 0.1) is 7.11 Å². The first kappa shape index (κ1) is 8.71. The Morgan fingerprint density at radius 1 is 1.58 bits per heavy atom. The van der Waals surface area contributed by atoms with Crippen LogP contribution in [0.3, 0.4) is 0 Å². The molecule has 0 aliphatic carbocycles. The summed E-state index contributed by atoms with van der Waals surface area (Å²) in [5.41, 5.74) is 1.80. The van der Waals surface area contributed by atoms with Crippen molar-refractivity contribution in [2.75, 3.05) is 7.11 Å². The van der Waals surface area contributed by atoms with Crippen LogP contribution in [0.25, 0.3) is 0 Å². The van der Waals surface area contributed by atoms with Gasteiger partial charge >= 0.3 is 0 Å². The molecule has 0 saturated heterocycles. The number of carbonyl (C=O) groups excluding carboxylic acids is 1. The van der Waals surface area contributed by atoms with Crippen LogP contribution in [0.5, 0.6) is 5.88 Å². The second kappa shape index (κ2) is 3.85. The number of ether oxygens (including phenoxy) is 1. The molecular formula is C9H11NO2. The summed E-state index contributed by atoms with van der Waals surface area (Å²) in [6, 6.07) is 3.61. The molecule has 3 heteroatoms. The quantitative estimate of drug-likeness (QED) is 0.630. The number of aromatic nitrogens is 1. The van der Waals surface area contributed by atoms with E-state index in [2.05, 4.69) is 4.98 Å². The summed E-state index contributed by atoms with van der Waals surface area (Å²) in [5, 5.41) is 0. The molecule has 0 unspecified atom stereocenters. The minimum Gasteiger partial charge on any atom is -0.481 e. The predicted molar refractivity (Wildman–Crippen MR) is 45.3 cm³/mol. The summed E-state index contributed by atoms with van der Waals surface area (Å²) in [7, 11) is 1.57. The van der Waals surface area contributed by atoms with Crippen LogP contribution >= 0.6 is 0 Å². The molecular weight excluding hydrogens is 154 g/mol. The molecule has 1 aromatic rings. The van der Waals surface area contributed by atoms with Gasteiger partial charge in [0.1, 0.15) is 6.29 Å². The Hall–Kier alpha value is -1.38. The molecule has 0 atom stereocenters. The Morgan fingerprint density at radius 3 is 2.83 bits per heavy atom. The first-order chi connectivity index (χ1) is 5.77. The number of aldehydes is 1. The van der Waals surface area contributed by atoms with Gasteiger partial charge in [0, 0.05) is 18.2 Å². The first-order valence-corrected chi connectivity index (χ1v) is 3.72. The van der Waals surface area contributed by atoms with Crippen LogP contribution in [0.1, 0.15) is 11.3 Å². The van der Waals surface area contributed by atoms with Crippen molar-refractivity contribution in [2.24, 2.45) is 0 Å². The maximum Gasteiger partial charge on any atom is 0.213 e. The molecule has 0 amide bonds. The summed E-state index contributed by atoms with van der Waals surface area (Å²) in [6.45, 7) is 1.86. The normalized spacial score (nSPS) is 9.50. The Labute approximate surface area is 71.4 Å². The molecule has 0 spiro atoms. The topological polar surface area (TPSA) is 39.2 Å². The number of methoxy groups -OCH3 is 1. The number of nitrogens with zero attached hydrogens (tertiary/aromatic N) is 1. The van der Waals surface area contributed by atoms with E-state index in [0.717, 1.165) is 17.5 Å². The lowest BCUT2D eigenvalue weighted by Crippen LogP contribution is -1.96. The van der Waals surface area contributed by atoms with E-state index in [1.807, 2.05) is 13.0 Å². The van der Waals surface area contributed by atoms with Crippen LogP contribution in [0.15, 0.2) is 12.1 Å². The second-order valence-electron chi connectivity index (χ2n) is 2.47. The molecule has 0 saturated carbocycles. The zero-order valence-electron chi connectivity index (χ0n) is 7.20. The van der Waals surface area contributed by atoms with Gasteiger partial charge in [-0.3, -0.25) is 0 Å². The van der Waals surface area contributed by atoms with E-state index < -0.39 is 0 Å². The van der Waals surface area contributed by atoms with Crippen LogP contribution in [0, 0.1) is 6.92 Å². The van der Waals surface area contributed by atoms with E-state index >= 15 is 0 Å². The van der Waals surface area contributed by atoms with Crippen molar-refractivity contribution in [2.45, 2.75) is 13.3 Å². The molecule has 64 valence electrons. The Morgan fingerprint density at radius 2 is 2.33 bits per heavy atom. The lowest BCUT2D eigenvalue weighted by atomic mass is 10.1. The predicted octanol–water partition coefficient (Wildman–Crippen LogP) is 1.14. The number of carbonyl (C=O) groups is 1. The molecule has 1 rings (SSSR count). The number of pyridine rings is 1. The Bertz CT molecular complexity index is 284. The second-order valence-corrected chi connectivity index (χ2v) is 2.47. The van der Waals surface area contributed by atoms with Crippen LogP contribution < -0.4 is 4.74 Å². The molecule has 12 heavy (non-hydrogen) atoms. The van der Waals surface area contributed by atoms with Gasteiger partial charge in [-0.25, -0.2) is 4.98 Å².